The lowest BCUT2D eigenvalue weighted by molar-refractivity contribution is 0.102. The molecule has 0 spiro atoms. The first-order valence-corrected chi connectivity index (χ1v) is 8.21. The lowest BCUT2D eigenvalue weighted by Gasteiger charge is -2.08. The van der Waals surface area contributed by atoms with E-state index in [1.807, 2.05) is 6.07 Å². The standard InChI is InChI=1S/C20H15FN4O3/c1-25-11-15(2-5-19(25)26)20(27)24-18-4-3-17(10-23-18)28-12-14-6-13(9-22)7-16(21)8-14/h2-8,10-11H,12H2,1H3,(H,23,24,27). The highest BCUT2D eigenvalue weighted by Gasteiger charge is 2.08. The SMILES string of the molecule is Cn1cc(C(=O)Nc2ccc(OCc3cc(F)cc(C#N)c3)cn2)ccc1=O. The molecule has 0 saturated carbocycles. The van der Waals surface area contributed by atoms with E-state index in [1.54, 1.807) is 19.2 Å². The number of pyridine rings is 2. The first kappa shape index (κ1) is 18.8. The molecule has 0 fully saturated rings. The van der Waals surface area contributed by atoms with Gasteiger partial charge in [-0.1, -0.05) is 0 Å². The summed E-state index contributed by atoms with van der Waals surface area (Å²) < 4.78 is 20.3. The molecule has 2 aromatic heterocycles. The van der Waals surface area contributed by atoms with Gasteiger partial charge in [0.15, 0.2) is 0 Å². The van der Waals surface area contributed by atoms with Crippen LogP contribution in [0.25, 0.3) is 0 Å². The summed E-state index contributed by atoms with van der Waals surface area (Å²) in [5.74, 6) is -0.181. The predicted octanol–water partition coefficient (Wildman–Crippen LogP) is 2.62. The van der Waals surface area contributed by atoms with Gasteiger partial charge in [-0.05, 0) is 42.0 Å². The van der Waals surface area contributed by atoms with Crippen LogP contribution in [0.1, 0.15) is 21.5 Å². The van der Waals surface area contributed by atoms with Crippen LogP contribution in [-0.4, -0.2) is 15.5 Å². The van der Waals surface area contributed by atoms with Crippen LogP contribution < -0.4 is 15.6 Å². The summed E-state index contributed by atoms with van der Waals surface area (Å²) in [5.41, 5.74) is 0.844. The van der Waals surface area contributed by atoms with Crippen LogP contribution in [-0.2, 0) is 13.7 Å². The number of amides is 1. The Labute approximate surface area is 159 Å². The van der Waals surface area contributed by atoms with E-state index >= 15 is 0 Å². The normalized spacial score (nSPS) is 10.2. The molecule has 1 aromatic carbocycles. The molecule has 3 rings (SSSR count). The number of rotatable bonds is 5. The fraction of sp³-hybridized carbons (Fsp3) is 0.100. The van der Waals surface area contributed by atoms with Crippen molar-refractivity contribution >= 4 is 11.7 Å². The van der Waals surface area contributed by atoms with E-state index in [4.69, 9.17) is 10.00 Å². The zero-order valence-electron chi connectivity index (χ0n) is 14.8. The van der Waals surface area contributed by atoms with Gasteiger partial charge >= 0.3 is 0 Å². The molecule has 0 aliphatic heterocycles. The number of carbonyl (C=O) groups is 1. The average molecular weight is 378 g/mol. The highest BCUT2D eigenvalue weighted by molar-refractivity contribution is 6.03. The van der Waals surface area contributed by atoms with E-state index in [1.165, 1.54) is 41.2 Å². The number of aromatic nitrogens is 2. The van der Waals surface area contributed by atoms with Crippen molar-refractivity contribution in [2.24, 2.45) is 7.05 Å². The Morgan fingerprint density at radius 1 is 1.29 bits per heavy atom. The minimum atomic E-state index is -0.507. The molecule has 0 radical (unpaired) electrons. The summed E-state index contributed by atoms with van der Waals surface area (Å²) >= 11 is 0. The highest BCUT2D eigenvalue weighted by Crippen LogP contribution is 2.16. The zero-order chi connectivity index (χ0) is 20.1. The van der Waals surface area contributed by atoms with E-state index in [0.717, 1.165) is 6.07 Å². The van der Waals surface area contributed by atoms with Gasteiger partial charge in [0.05, 0.1) is 23.4 Å². The Balaban J connectivity index is 1.62. The molecule has 140 valence electrons. The maximum absolute atomic E-state index is 13.4. The van der Waals surface area contributed by atoms with Crippen LogP contribution in [0.5, 0.6) is 5.75 Å². The number of ether oxygens (including phenoxy) is 1. The molecule has 8 heteroatoms. The first-order chi connectivity index (χ1) is 13.4. The van der Waals surface area contributed by atoms with Crippen molar-refractivity contribution in [3.63, 3.8) is 0 Å². The van der Waals surface area contributed by atoms with Gasteiger partial charge in [-0.3, -0.25) is 9.59 Å². The van der Waals surface area contributed by atoms with Crippen LogP contribution in [0.2, 0.25) is 0 Å². The van der Waals surface area contributed by atoms with Gasteiger partial charge in [0, 0.05) is 19.3 Å². The Morgan fingerprint density at radius 2 is 2.11 bits per heavy atom. The minimum Gasteiger partial charge on any atom is -0.487 e. The van der Waals surface area contributed by atoms with E-state index < -0.39 is 11.7 Å². The van der Waals surface area contributed by atoms with Crippen LogP contribution in [0.3, 0.4) is 0 Å². The van der Waals surface area contributed by atoms with E-state index in [2.05, 4.69) is 10.3 Å². The zero-order valence-corrected chi connectivity index (χ0v) is 14.8. The third-order valence-electron chi connectivity index (χ3n) is 3.82. The monoisotopic (exact) mass is 378 g/mol. The molecule has 0 unspecified atom stereocenters. The largest absolute Gasteiger partial charge is 0.487 e. The summed E-state index contributed by atoms with van der Waals surface area (Å²) in [6, 6.07) is 11.8. The minimum absolute atomic E-state index is 0.0673. The van der Waals surface area contributed by atoms with Gasteiger partial charge in [-0.2, -0.15) is 5.26 Å². The van der Waals surface area contributed by atoms with Gasteiger partial charge in [-0.25, -0.2) is 9.37 Å². The summed E-state index contributed by atoms with van der Waals surface area (Å²) in [4.78, 5) is 27.7. The summed E-state index contributed by atoms with van der Waals surface area (Å²) in [5, 5.41) is 11.5. The molecular formula is C20H15FN4O3. The third-order valence-corrected chi connectivity index (χ3v) is 3.82. The maximum Gasteiger partial charge on any atom is 0.258 e. The van der Waals surface area contributed by atoms with Crippen molar-refractivity contribution in [2.75, 3.05) is 5.32 Å². The Morgan fingerprint density at radius 3 is 2.79 bits per heavy atom. The number of nitrogens with one attached hydrogen (secondary N) is 1. The van der Waals surface area contributed by atoms with Gasteiger partial charge in [0.1, 0.15) is 24.0 Å². The summed E-state index contributed by atoms with van der Waals surface area (Å²) in [7, 11) is 1.56. The predicted molar refractivity (Wildman–Crippen MR) is 99.3 cm³/mol. The molecule has 1 amide bonds. The molecule has 0 saturated heterocycles. The van der Waals surface area contributed by atoms with Crippen molar-refractivity contribution in [1.82, 2.24) is 9.55 Å². The van der Waals surface area contributed by atoms with Crippen molar-refractivity contribution in [3.05, 3.63) is 87.7 Å². The number of carbonyl (C=O) groups excluding carboxylic acids is 1. The molecule has 3 aromatic rings. The lowest BCUT2D eigenvalue weighted by atomic mass is 10.1. The van der Waals surface area contributed by atoms with Gasteiger partial charge in [0.2, 0.25) is 5.56 Å². The molecule has 0 aliphatic carbocycles. The number of halogens is 1. The Kier molecular flexibility index (Phi) is 5.46. The number of anilines is 1. The Bertz CT molecular complexity index is 1120. The number of aryl methyl sites for hydroxylation is 1. The smallest absolute Gasteiger partial charge is 0.258 e. The molecular weight excluding hydrogens is 363 g/mol. The fourth-order valence-electron chi connectivity index (χ4n) is 2.42. The number of hydrogen-bond acceptors (Lipinski definition) is 5. The quantitative estimate of drug-likeness (QED) is 0.736. The Hall–Kier alpha value is -3.99. The summed E-state index contributed by atoms with van der Waals surface area (Å²) in [6.07, 6.45) is 2.85. The van der Waals surface area contributed by atoms with Crippen LogP contribution in [0.4, 0.5) is 10.2 Å². The molecule has 2 heterocycles. The van der Waals surface area contributed by atoms with Crippen LogP contribution >= 0.6 is 0 Å². The number of benzene rings is 1. The maximum atomic E-state index is 13.4. The van der Waals surface area contributed by atoms with Crippen molar-refractivity contribution in [1.29, 1.82) is 5.26 Å². The van der Waals surface area contributed by atoms with Gasteiger partial charge < -0.3 is 14.6 Å². The molecule has 28 heavy (non-hydrogen) atoms. The van der Waals surface area contributed by atoms with E-state index in [9.17, 15) is 14.0 Å². The second-order valence-corrected chi connectivity index (χ2v) is 5.95. The van der Waals surface area contributed by atoms with Crippen LogP contribution in [0, 0.1) is 17.1 Å². The van der Waals surface area contributed by atoms with Gasteiger partial charge in [0.25, 0.3) is 5.91 Å². The lowest BCUT2D eigenvalue weighted by Crippen LogP contribution is -2.19. The fourth-order valence-corrected chi connectivity index (χ4v) is 2.42. The molecule has 0 atom stereocenters. The third kappa shape index (κ3) is 4.59. The van der Waals surface area contributed by atoms with Gasteiger partial charge in [-0.15, -0.1) is 0 Å². The number of nitrogens with zero attached hydrogens (tertiary/aromatic N) is 3. The van der Waals surface area contributed by atoms with E-state index in [-0.39, 0.29) is 17.7 Å². The summed E-state index contributed by atoms with van der Waals surface area (Å²) in [6.45, 7) is 0.0673. The number of nitriles is 1. The molecule has 7 nitrogen and oxygen atoms in total. The molecule has 0 bridgehead atoms. The average Bonchev–Trinajstić information content (AvgIpc) is 2.69. The second-order valence-electron chi connectivity index (χ2n) is 5.95. The molecule has 1 N–H and O–H groups in total. The second kappa shape index (κ2) is 8.14. The van der Waals surface area contributed by atoms with Crippen molar-refractivity contribution in [3.8, 4) is 11.8 Å². The molecule has 0 aliphatic rings. The van der Waals surface area contributed by atoms with Crippen molar-refractivity contribution in [2.45, 2.75) is 6.61 Å². The number of hydrogen-bond donors (Lipinski definition) is 1. The first-order valence-electron chi connectivity index (χ1n) is 8.21. The van der Waals surface area contributed by atoms with Crippen LogP contribution in [0.15, 0.2) is 59.7 Å². The topological polar surface area (TPSA) is 97.0 Å². The van der Waals surface area contributed by atoms with E-state index in [0.29, 0.717) is 22.7 Å². The van der Waals surface area contributed by atoms with Crippen molar-refractivity contribution < 1.29 is 13.9 Å². The highest BCUT2D eigenvalue weighted by atomic mass is 19.1.